The van der Waals surface area contributed by atoms with Gasteiger partial charge in [0.1, 0.15) is 5.52 Å². The third-order valence-corrected chi connectivity index (χ3v) is 3.15. The van der Waals surface area contributed by atoms with Gasteiger partial charge < -0.3 is 15.2 Å². The van der Waals surface area contributed by atoms with Gasteiger partial charge in [-0.05, 0) is 24.6 Å². The number of anilines is 1. The second-order valence-electron chi connectivity index (χ2n) is 4.27. The van der Waals surface area contributed by atoms with E-state index in [0.29, 0.717) is 5.28 Å². The van der Waals surface area contributed by atoms with Crippen LogP contribution in [-0.2, 0) is 0 Å². The minimum atomic E-state index is 0.310. The molecule has 1 fully saturated rings. The van der Waals surface area contributed by atoms with Crippen LogP contribution in [0.25, 0.3) is 11.0 Å². The van der Waals surface area contributed by atoms with Crippen LogP contribution in [0.3, 0.4) is 0 Å². The van der Waals surface area contributed by atoms with E-state index < -0.39 is 0 Å². The minimum Gasteiger partial charge on any atom is -0.354 e. The van der Waals surface area contributed by atoms with Gasteiger partial charge in [0.05, 0.1) is 5.52 Å². The Morgan fingerprint density at radius 2 is 2.06 bits per heavy atom. The maximum Gasteiger partial charge on any atom is 0.225 e. The van der Waals surface area contributed by atoms with Crippen LogP contribution in [0.5, 0.6) is 0 Å². The van der Waals surface area contributed by atoms with E-state index in [1.807, 2.05) is 13.0 Å². The van der Waals surface area contributed by atoms with Crippen LogP contribution in [0.15, 0.2) is 6.07 Å². The van der Waals surface area contributed by atoms with Crippen molar-refractivity contribution in [3.8, 4) is 0 Å². The van der Waals surface area contributed by atoms with Crippen LogP contribution in [0.1, 0.15) is 5.69 Å². The molecule has 0 aliphatic carbocycles. The fourth-order valence-corrected chi connectivity index (χ4v) is 2.38. The summed E-state index contributed by atoms with van der Waals surface area (Å²) in [6.07, 6.45) is 0. The largest absolute Gasteiger partial charge is 0.354 e. The average molecular weight is 252 g/mol. The quantitative estimate of drug-likeness (QED) is 0.751. The molecule has 1 aliphatic heterocycles. The van der Waals surface area contributed by atoms with Crippen LogP contribution in [0, 0.1) is 6.92 Å². The number of halogens is 1. The number of rotatable bonds is 1. The van der Waals surface area contributed by atoms with E-state index in [0.717, 1.165) is 48.7 Å². The SMILES string of the molecule is Cc1cc2nc(Cl)nc(N3CCNCC3)c2[nH]1. The minimum absolute atomic E-state index is 0.310. The molecule has 6 heteroatoms. The summed E-state index contributed by atoms with van der Waals surface area (Å²) in [5.74, 6) is 0.912. The van der Waals surface area contributed by atoms with Gasteiger partial charge >= 0.3 is 0 Å². The molecule has 0 amide bonds. The van der Waals surface area contributed by atoms with Gasteiger partial charge in [0.25, 0.3) is 0 Å². The number of aromatic amines is 1. The molecular formula is C11H14ClN5. The topological polar surface area (TPSA) is 56.8 Å². The van der Waals surface area contributed by atoms with E-state index in [1.165, 1.54) is 0 Å². The summed E-state index contributed by atoms with van der Waals surface area (Å²) < 4.78 is 0. The van der Waals surface area contributed by atoms with Gasteiger partial charge in [-0.1, -0.05) is 0 Å². The van der Waals surface area contributed by atoms with E-state index in [-0.39, 0.29) is 0 Å². The molecule has 0 bridgehead atoms. The Morgan fingerprint density at radius 3 is 2.82 bits per heavy atom. The molecule has 2 aromatic rings. The van der Waals surface area contributed by atoms with Crippen molar-refractivity contribution in [1.82, 2.24) is 20.3 Å². The number of fused-ring (bicyclic) bond motifs is 1. The molecule has 0 saturated carbocycles. The number of nitrogens with one attached hydrogen (secondary N) is 2. The van der Waals surface area contributed by atoms with E-state index in [1.54, 1.807) is 0 Å². The van der Waals surface area contributed by atoms with Crippen LogP contribution in [-0.4, -0.2) is 41.1 Å². The third-order valence-electron chi connectivity index (χ3n) is 2.98. The molecule has 3 heterocycles. The fraction of sp³-hybridized carbons (Fsp3) is 0.455. The average Bonchev–Trinajstić information content (AvgIpc) is 2.69. The second kappa shape index (κ2) is 4.16. The number of aryl methyl sites for hydroxylation is 1. The van der Waals surface area contributed by atoms with Crippen molar-refractivity contribution >= 4 is 28.5 Å². The van der Waals surface area contributed by atoms with Crippen molar-refractivity contribution in [2.75, 3.05) is 31.1 Å². The standard InChI is InChI=1S/C11H14ClN5/c1-7-6-8-9(14-7)10(16-11(12)15-8)17-4-2-13-3-5-17/h6,13-14H,2-5H2,1H3. The Labute approximate surface area is 104 Å². The lowest BCUT2D eigenvalue weighted by Crippen LogP contribution is -2.44. The number of hydrogen-bond donors (Lipinski definition) is 2. The first-order chi connectivity index (χ1) is 8.24. The molecule has 1 saturated heterocycles. The first-order valence-electron chi connectivity index (χ1n) is 5.72. The van der Waals surface area contributed by atoms with E-state index in [4.69, 9.17) is 11.6 Å². The lowest BCUT2D eigenvalue weighted by atomic mass is 10.3. The molecule has 2 N–H and O–H groups in total. The summed E-state index contributed by atoms with van der Waals surface area (Å²) >= 11 is 5.97. The molecule has 5 nitrogen and oxygen atoms in total. The highest BCUT2D eigenvalue weighted by atomic mass is 35.5. The van der Waals surface area contributed by atoms with Crippen LogP contribution in [0.4, 0.5) is 5.82 Å². The van der Waals surface area contributed by atoms with Gasteiger partial charge in [-0.15, -0.1) is 0 Å². The van der Waals surface area contributed by atoms with Crippen molar-refractivity contribution < 1.29 is 0 Å². The number of hydrogen-bond acceptors (Lipinski definition) is 4. The predicted octanol–water partition coefficient (Wildman–Crippen LogP) is 1.33. The van der Waals surface area contributed by atoms with E-state index >= 15 is 0 Å². The smallest absolute Gasteiger partial charge is 0.225 e. The van der Waals surface area contributed by atoms with Crippen molar-refractivity contribution in [3.05, 3.63) is 17.0 Å². The maximum atomic E-state index is 5.97. The zero-order chi connectivity index (χ0) is 11.8. The molecule has 0 radical (unpaired) electrons. The van der Waals surface area contributed by atoms with E-state index in [2.05, 4.69) is 25.2 Å². The monoisotopic (exact) mass is 251 g/mol. The van der Waals surface area contributed by atoms with Gasteiger partial charge in [-0.3, -0.25) is 0 Å². The van der Waals surface area contributed by atoms with Gasteiger partial charge in [-0.2, -0.15) is 4.98 Å². The van der Waals surface area contributed by atoms with Crippen LogP contribution < -0.4 is 10.2 Å². The first-order valence-corrected chi connectivity index (χ1v) is 6.10. The third kappa shape index (κ3) is 1.96. The lowest BCUT2D eigenvalue weighted by molar-refractivity contribution is 0.586. The first kappa shape index (κ1) is 10.8. The number of H-pyrrole nitrogens is 1. The summed E-state index contributed by atoms with van der Waals surface area (Å²) in [4.78, 5) is 14.1. The summed E-state index contributed by atoms with van der Waals surface area (Å²) in [5.41, 5.74) is 2.94. The van der Waals surface area contributed by atoms with Crippen molar-refractivity contribution in [3.63, 3.8) is 0 Å². The molecule has 2 aromatic heterocycles. The molecule has 0 spiro atoms. The van der Waals surface area contributed by atoms with Gasteiger partial charge in [0.2, 0.25) is 5.28 Å². The molecular weight excluding hydrogens is 238 g/mol. The number of aromatic nitrogens is 3. The molecule has 17 heavy (non-hydrogen) atoms. The molecule has 0 atom stereocenters. The van der Waals surface area contributed by atoms with Gasteiger partial charge in [-0.25, -0.2) is 4.98 Å². The highest BCUT2D eigenvalue weighted by molar-refractivity contribution is 6.28. The zero-order valence-corrected chi connectivity index (χ0v) is 10.4. The Balaban J connectivity index is 2.12. The zero-order valence-electron chi connectivity index (χ0n) is 9.63. The fourth-order valence-electron chi connectivity index (χ4n) is 2.21. The van der Waals surface area contributed by atoms with Crippen molar-refractivity contribution in [2.45, 2.75) is 6.92 Å². The predicted molar refractivity (Wildman–Crippen MR) is 68.7 cm³/mol. The normalized spacial score (nSPS) is 16.7. The molecule has 3 rings (SSSR count). The summed E-state index contributed by atoms with van der Waals surface area (Å²) in [5, 5.41) is 3.63. The van der Waals surface area contributed by atoms with Crippen molar-refractivity contribution in [2.24, 2.45) is 0 Å². The summed E-state index contributed by atoms with van der Waals surface area (Å²) in [7, 11) is 0. The summed E-state index contributed by atoms with van der Waals surface area (Å²) in [6, 6.07) is 1.99. The highest BCUT2D eigenvalue weighted by Crippen LogP contribution is 2.25. The molecule has 0 unspecified atom stereocenters. The molecule has 90 valence electrons. The Kier molecular flexibility index (Phi) is 2.64. The van der Waals surface area contributed by atoms with E-state index in [9.17, 15) is 0 Å². The van der Waals surface area contributed by atoms with Gasteiger partial charge in [0.15, 0.2) is 5.82 Å². The second-order valence-corrected chi connectivity index (χ2v) is 4.60. The van der Waals surface area contributed by atoms with Crippen LogP contribution in [0.2, 0.25) is 5.28 Å². The summed E-state index contributed by atoms with van der Waals surface area (Å²) in [6.45, 7) is 5.85. The molecule has 1 aliphatic rings. The Bertz CT molecular complexity index is 544. The number of piperazine rings is 1. The lowest BCUT2D eigenvalue weighted by Gasteiger charge is -2.28. The highest BCUT2D eigenvalue weighted by Gasteiger charge is 2.17. The molecule has 0 aromatic carbocycles. The number of nitrogens with zero attached hydrogens (tertiary/aromatic N) is 3. The Hall–Kier alpha value is -1.33. The Morgan fingerprint density at radius 1 is 1.29 bits per heavy atom. The maximum absolute atomic E-state index is 5.97. The van der Waals surface area contributed by atoms with Gasteiger partial charge in [0, 0.05) is 31.9 Å². The van der Waals surface area contributed by atoms with Crippen LogP contribution >= 0.6 is 11.6 Å². The van der Waals surface area contributed by atoms with Crippen molar-refractivity contribution in [1.29, 1.82) is 0 Å².